The van der Waals surface area contributed by atoms with Crippen LogP contribution in [0.1, 0.15) is 26.7 Å². The van der Waals surface area contributed by atoms with Crippen LogP contribution in [0.4, 0.5) is 0 Å². The Balaban J connectivity index is 0.00000132. The van der Waals surface area contributed by atoms with Crippen molar-refractivity contribution in [3.63, 3.8) is 0 Å². The molecule has 1 saturated heterocycles. The molecule has 2 heterocycles. The molecule has 1 aliphatic heterocycles. The molecule has 1 fully saturated rings. The summed E-state index contributed by atoms with van der Waals surface area (Å²) in [5.41, 5.74) is 0.178. The maximum Gasteiger partial charge on any atom is 0.202 e. The van der Waals surface area contributed by atoms with Gasteiger partial charge in [-0.2, -0.15) is 0 Å². The number of fused-ring (bicyclic) bond motifs is 1. The second-order valence-electron chi connectivity index (χ2n) is 6.90. The number of benzene rings is 2. The Morgan fingerprint density at radius 3 is 2.45 bits per heavy atom. The summed E-state index contributed by atoms with van der Waals surface area (Å²) < 4.78 is 16.9. The number of aromatic hydroxyl groups is 2. The number of aliphatic hydroxyl groups excluding tert-OH is 2. The standard InChI is InChI=1S/C21H20O8.C2H6/c22-10-13-6-12(23)7-18(27-13)29-17-9-16-19(21(26)20(17)25)14(24)8-15(28-16)11-4-2-1-3-5-11;1-2/h1-5,8-9,12-13,18,22-23,25-26H,6-7,10H2;1-2H3. The van der Waals surface area contributed by atoms with E-state index in [0.29, 0.717) is 11.3 Å². The minimum Gasteiger partial charge on any atom is -0.504 e. The number of hydrogen-bond donors (Lipinski definition) is 4. The SMILES string of the molecule is CC.O=c1cc(-c2ccccc2)oc2cc(OC3CC(O)CC(CO)O3)c(O)c(O)c12. The van der Waals surface area contributed by atoms with Crippen LogP contribution in [0.5, 0.6) is 17.2 Å². The maximum absolute atomic E-state index is 12.5. The van der Waals surface area contributed by atoms with Crippen molar-refractivity contribution in [1.82, 2.24) is 0 Å². The molecule has 3 unspecified atom stereocenters. The lowest BCUT2D eigenvalue weighted by molar-refractivity contribution is -0.185. The van der Waals surface area contributed by atoms with Crippen LogP contribution in [-0.4, -0.2) is 45.5 Å². The first-order valence-electron chi connectivity index (χ1n) is 10.2. The molecular formula is C23H26O8. The molecule has 0 spiro atoms. The third kappa shape index (κ3) is 4.82. The van der Waals surface area contributed by atoms with Gasteiger partial charge in [0.25, 0.3) is 0 Å². The highest BCUT2D eigenvalue weighted by atomic mass is 16.7. The summed E-state index contributed by atoms with van der Waals surface area (Å²) in [5, 5.41) is 39.7. The molecule has 0 radical (unpaired) electrons. The molecule has 2 aromatic carbocycles. The van der Waals surface area contributed by atoms with Gasteiger partial charge in [-0.05, 0) is 0 Å². The van der Waals surface area contributed by atoms with E-state index < -0.39 is 35.4 Å². The van der Waals surface area contributed by atoms with Crippen LogP contribution in [0.3, 0.4) is 0 Å². The molecular weight excluding hydrogens is 404 g/mol. The van der Waals surface area contributed by atoms with Crippen molar-refractivity contribution < 1.29 is 34.3 Å². The van der Waals surface area contributed by atoms with E-state index in [1.165, 1.54) is 12.1 Å². The minimum absolute atomic E-state index is 0.0247. The van der Waals surface area contributed by atoms with E-state index in [2.05, 4.69) is 0 Å². The van der Waals surface area contributed by atoms with E-state index >= 15 is 0 Å². The van der Waals surface area contributed by atoms with Crippen molar-refractivity contribution in [2.75, 3.05) is 6.61 Å². The fourth-order valence-corrected chi connectivity index (χ4v) is 3.39. The molecule has 3 aromatic rings. The van der Waals surface area contributed by atoms with Gasteiger partial charge in [-0.3, -0.25) is 4.79 Å². The van der Waals surface area contributed by atoms with Crippen molar-refractivity contribution in [2.45, 2.75) is 45.2 Å². The Bertz CT molecular complexity index is 1080. The number of rotatable bonds is 4. The van der Waals surface area contributed by atoms with Gasteiger partial charge >= 0.3 is 0 Å². The Morgan fingerprint density at radius 1 is 1.06 bits per heavy atom. The average molecular weight is 430 g/mol. The van der Waals surface area contributed by atoms with E-state index in [9.17, 15) is 25.2 Å². The van der Waals surface area contributed by atoms with Crippen LogP contribution in [0.25, 0.3) is 22.3 Å². The summed E-state index contributed by atoms with van der Waals surface area (Å²) in [6.45, 7) is 3.71. The van der Waals surface area contributed by atoms with E-state index in [-0.39, 0.29) is 36.2 Å². The third-order valence-electron chi connectivity index (χ3n) is 4.80. The smallest absolute Gasteiger partial charge is 0.202 e. The van der Waals surface area contributed by atoms with Crippen LogP contribution in [0.15, 0.2) is 51.7 Å². The molecule has 0 amide bonds. The predicted molar refractivity (Wildman–Crippen MR) is 114 cm³/mol. The first kappa shape index (κ1) is 22.6. The lowest BCUT2D eigenvalue weighted by Crippen LogP contribution is -2.40. The molecule has 0 bridgehead atoms. The Kier molecular flexibility index (Phi) is 7.17. The van der Waals surface area contributed by atoms with Crippen molar-refractivity contribution in [3.05, 3.63) is 52.7 Å². The highest BCUT2D eigenvalue weighted by molar-refractivity contribution is 5.89. The summed E-state index contributed by atoms with van der Waals surface area (Å²) in [7, 11) is 0. The quantitative estimate of drug-likeness (QED) is 0.465. The van der Waals surface area contributed by atoms with Crippen LogP contribution in [0.2, 0.25) is 0 Å². The van der Waals surface area contributed by atoms with Gasteiger partial charge in [0, 0.05) is 30.5 Å². The monoisotopic (exact) mass is 430 g/mol. The largest absolute Gasteiger partial charge is 0.504 e. The zero-order valence-corrected chi connectivity index (χ0v) is 17.3. The normalized spacial score (nSPS) is 20.7. The highest BCUT2D eigenvalue weighted by Crippen LogP contribution is 2.42. The summed E-state index contributed by atoms with van der Waals surface area (Å²) in [4.78, 5) is 12.5. The van der Waals surface area contributed by atoms with Gasteiger partial charge < -0.3 is 34.3 Å². The van der Waals surface area contributed by atoms with Gasteiger partial charge in [0.05, 0.1) is 18.8 Å². The second kappa shape index (κ2) is 9.82. The second-order valence-corrected chi connectivity index (χ2v) is 6.90. The molecule has 8 nitrogen and oxygen atoms in total. The van der Waals surface area contributed by atoms with Gasteiger partial charge in [0.1, 0.15) is 16.7 Å². The van der Waals surface area contributed by atoms with Crippen LogP contribution >= 0.6 is 0 Å². The predicted octanol–water partition coefficient (Wildman–Crippen LogP) is 3.13. The third-order valence-corrected chi connectivity index (χ3v) is 4.80. The Labute approximate surface area is 178 Å². The molecule has 166 valence electrons. The molecule has 4 N–H and O–H groups in total. The summed E-state index contributed by atoms with van der Waals surface area (Å²) in [6, 6.07) is 11.5. The minimum atomic E-state index is -0.956. The first-order valence-corrected chi connectivity index (χ1v) is 10.2. The number of aliphatic hydroxyl groups is 2. The molecule has 0 saturated carbocycles. The molecule has 8 heteroatoms. The Morgan fingerprint density at radius 2 is 1.77 bits per heavy atom. The van der Waals surface area contributed by atoms with Crippen LogP contribution in [-0.2, 0) is 4.74 Å². The number of hydrogen-bond acceptors (Lipinski definition) is 8. The van der Waals surface area contributed by atoms with Crippen LogP contribution < -0.4 is 10.2 Å². The molecule has 1 aromatic heterocycles. The Hall–Kier alpha value is -3.07. The van der Waals surface area contributed by atoms with E-state index in [4.69, 9.17) is 13.9 Å². The molecule has 3 atom stereocenters. The zero-order chi connectivity index (χ0) is 22.5. The van der Waals surface area contributed by atoms with Gasteiger partial charge in [-0.15, -0.1) is 0 Å². The number of phenols is 2. The molecule has 1 aliphatic rings. The van der Waals surface area contributed by atoms with Crippen molar-refractivity contribution in [2.24, 2.45) is 0 Å². The molecule has 4 rings (SSSR count). The lowest BCUT2D eigenvalue weighted by Gasteiger charge is -2.32. The topological polar surface area (TPSA) is 130 Å². The van der Waals surface area contributed by atoms with Crippen molar-refractivity contribution in [1.29, 1.82) is 0 Å². The van der Waals surface area contributed by atoms with E-state index in [0.717, 1.165) is 0 Å². The zero-order valence-electron chi connectivity index (χ0n) is 17.3. The number of ether oxygens (including phenoxy) is 2. The summed E-state index contributed by atoms with van der Waals surface area (Å²) in [6.07, 6.45) is -1.93. The summed E-state index contributed by atoms with van der Waals surface area (Å²) in [5.74, 6) is -1.18. The van der Waals surface area contributed by atoms with Crippen LogP contribution in [0, 0.1) is 0 Å². The van der Waals surface area contributed by atoms with Gasteiger partial charge in [-0.25, -0.2) is 0 Å². The van der Waals surface area contributed by atoms with E-state index in [1.807, 2.05) is 19.9 Å². The lowest BCUT2D eigenvalue weighted by atomic mass is 10.1. The molecule has 31 heavy (non-hydrogen) atoms. The van der Waals surface area contributed by atoms with Gasteiger partial charge in [-0.1, -0.05) is 44.2 Å². The maximum atomic E-state index is 12.5. The van der Waals surface area contributed by atoms with Crippen molar-refractivity contribution in [3.8, 4) is 28.6 Å². The number of phenolic OH excluding ortho intramolecular Hbond substituents is 2. The fraction of sp³-hybridized carbons (Fsp3) is 0.348. The fourth-order valence-electron chi connectivity index (χ4n) is 3.39. The van der Waals surface area contributed by atoms with Crippen molar-refractivity contribution >= 4 is 11.0 Å². The molecule has 0 aliphatic carbocycles. The van der Waals surface area contributed by atoms with E-state index in [1.54, 1.807) is 24.3 Å². The average Bonchev–Trinajstić information content (AvgIpc) is 2.78. The highest BCUT2D eigenvalue weighted by Gasteiger charge is 2.30. The van der Waals surface area contributed by atoms with Gasteiger partial charge in [0.15, 0.2) is 16.9 Å². The van der Waals surface area contributed by atoms with Gasteiger partial charge in [0.2, 0.25) is 12.0 Å². The first-order chi connectivity index (χ1) is 15.0. The summed E-state index contributed by atoms with van der Waals surface area (Å²) >= 11 is 0.